The number of likely N-dealkylation sites (N-methyl/N-ethyl adjacent to an activating group) is 1. The van der Waals surface area contributed by atoms with Gasteiger partial charge in [-0.2, -0.15) is 5.10 Å². The van der Waals surface area contributed by atoms with E-state index in [1.54, 1.807) is 22.7 Å². The van der Waals surface area contributed by atoms with Crippen molar-refractivity contribution in [2.75, 3.05) is 34.2 Å². The van der Waals surface area contributed by atoms with Crippen molar-refractivity contribution in [3.63, 3.8) is 0 Å². The fourth-order valence-corrected chi connectivity index (χ4v) is 4.28. The van der Waals surface area contributed by atoms with E-state index in [1.807, 2.05) is 4.90 Å². The fraction of sp³-hybridized carbons (Fsp3) is 0.500. The summed E-state index contributed by atoms with van der Waals surface area (Å²) in [5.74, 6) is -0.154. The summed E-state index contributed by atoms with van der Waals surface area (Å²) in [6.07, 6.45) is 3.06. The molecule has 3 heterocycles. The van der Waals surface area contributed by atoms with Crippen LogP contribution in [-0.2, 0) is 13.1 Å². The number of hydrogen-bond acceptors (Lipinski definition) is 4. The minimum atomic E-state index is -0.0792. The number of carbonyl (C=O) groups excluding carboxylic acids is 2. The smallest absolute Gasteiger partial charge is 0.274 e. The highest BCUT2D eigenvalue weighted by atomic mass is 16.2. The number of hydrogen-bond donors (Lipinski definition) is 0. The molecule has 1 aromatic carbocycles. The molecule has 7 heteroatoms. The van der Waals surface area contributed by atoms with Crippen LogP contribution in [0, 0.1) is 0 Å². The van der Waals surface area contributed by atoms with Gasteiger partial charge in [0.25, 0.3) is 11.8 Å². The molecule has 1 aromatic heterocycles. The summed E-state index contributed by atoms with van der Waals surface area (Å²) in [5.41, 5.74) is 3.31. The molecular weight excluding hydrogens is 366 g/mol. The molecule has 1 atom stereocenters. The number of rotatable bonds is 4. The van der Waals surface area contributed by atoms with Crippen LogP contribution < -0.4 is 0 Å². The molecule has 2 aromatic rings. The van der Waals surface area contributed by atoms with E-state index < -0.39 is 0 Å². The summed E-state index contributed by atoms with van der Waals surface area (Å²) in [6.45, 7) is 2.86. The van der Waals surface area contributed by atoms with E-state index in [0.717, 1.165) is 32.4 Å². The van der Waals surface area contributed by atoms with E-state index >= 15 is 0 Å². The molecule has 2 aliphatic heterocycles. The molecule has 29 heavy (non-hydrogen) atoms. The molecule has 4 rings (SSSR count). The molecule has 154 valence electrons. The Labute approximate surface area is 171 Å². The van der Waals surface area contributed by atoms with Crippen molar-refractivity contribution in [2.45, 2.75) is 38.4 Å². The van der Waals surface area contributed by atoms with Gasteiger partial charge in [-0.1, -0.05) is 24.3 Å². The molecule has 1 fully saturated rings. The van der Waals surface area contributed by atoms with Crippen molar-refractivity contribution < 1.29 is 9.59 Å². The Hall–Kier alpha value is -2.67. The largest absolute Gasteiger partial charge is 0.339 e. The number of fused-ring (bicyclic) bond motifs is 1. The maximum absolute atomic E-state index is 13.3. The van der Waals surface area contributed by atoms with E-state index in [9.17, 15) is 9.59 Å². The SMILES string of the molecule is CN(C)Cc1ccc(C2CCCCN2C(=O)c2cc3n(n2)CCN(C)C3=O)cc1. The van der Waals surface area contributed by atoms with E-state index in [-0.39, 0.29) is 17.9 Å². The molecule has 0 spiro atoms. The molecule has 0 bridgehead atoms. The lowest BCUT2D eigenvalue weighted by molar-refractivity contribution is 0.0603. The van der Waals surface area contributed by atoms with Crippen LogP contribution in [0.2, 0.25) is 0 Å². The van der Waals surface area contributed by atoms with Gasteiger partial charge in [0.15, 0.2) is 5.69 Å². The fourth-order valence-electron chi connectivity index (χ4n) is 4.28. The normalized spacial score (nSPS) is 19.6. The summed E-state index contributed by atoms with van der Waals surface area (Å²) in [4.78, 5) is 31.4. The number of amides is 2. The van der Waals surface area contributed by atoms with Crippen LogP contribution in [-0.4, -0.2) is 70.5 Å². The number of piperidine rings is 1. The van der Waals surface area contributed by atoms with Crippen molar-refractivity contribution in [3.05, 3.63) is 52.8 Å². The number of aromatic nitrogens is 2. The lowest BCUT2D eigenvalue weighted by Gasteiger charge is -2.35. The number of likely N-dealkylation sites (tertiary alicyclic amines) is 1. The van der Waals surface area contributed by atoms with Gasteiger partial charge in [0.05, 0.1) is 12.6 Å². The molecule has 0 N–H and O–H groups in total. The van der Waals surface area contributed by atoms with Gasteiger partial charge >= 0.3 is 0 Å². The van der Waals surface area contributed by atoms with Gasteiger partial charge in [-0.25, -0.2) is 0 Å². The molecule has 7 nitrogen and oxygen atoms in total. The van der Waals surface area contributed by atoms with Crippen molar-refractivity contribution in [3.8, 4) is 0 Å². The lowest BCUT2D eigenvalue weighted by Crippen LogP contribution is -2.38. The minimum absolute atomic E-state index is 0.0572. The van der Waals surface area contributed by atoms with Gasteiger partial charge in [0, 0.05) is 32.7 Å². The van der Waals surface area contributed by atoms with E-state index in [4.69, 9.17) is 0 Å². The third kappa shape index (κ3) is 3.92. The Morgan fingerprint density at radius 3 is 2.62 bits per heavy atom. The van der Waals surface area contributed by atoms with Gasteiger partial charge in [0.1, 0.15) is 5.69 Å². The average Bonchev–Trinajstić information content (AvgIpc) is 3.16. The first-order valence-corrected chi connectivity index (χ1v) is 10.3. The molecule has 1 saturated heterocycles. The zero-order chi connectivity index (χ0) is 20.5. The van der Waals surface area contributed by atoms with Crippen LogP contribution in [0.4, 0.5) is 0 Å². The Morgan fingerprint density at radius 2 is 1.90 bits per heavy atom. The molecule has 0 radical (unpaired) electrons. The topological polar surface area (TPSA) is 61.7 Å². The van der Waals surface area contributed by atoms with E-state index in [1.165, 1.54) is 11.1 Å². The van der Waals surface area contributed by atoms with E-state index in [2.05, 4.69) is 48.4 Å². The van der Waals surface area contributed by atoms with Gasteiger partial charge < -0.3 is 14.7 Å². The van der Waals surface area contributed by atoms with Gasteiger partial charge in [-0.15, -0.1) is 0 Å². The van der Waals surface area contributed by atoms with Crippen LogP contribution >= 0.6 is 0 Å². The lowest BCUT2D eigenvalue weighted by atomic mass is 9.94. The van der Waals surface area contributed by atoms with Gasteiger partial charge in [-0.05, 0) is 44.5 Å². The van der Waals surface area contributed by atoms with Crippen LogP contribution in [0.5, 0.6) is 0 Å². The van der Waals surface area contributed by atoms with Crippen LogP contribution in [0.25, 0.3) is 0 Å². The molecule has 2 amide bonds. The summed E-state index contributed by atoms with van der Waals surface area (Å²) in [7, 11) is 5.89. The van der Waals surface area contributed by atoms with Crippen molar-refractivity contribution in [2.24, 2.45) is 0 Å². The first-order valence-electron chi connectivity index (χ1n) is 10.3. The second kappa shape index (κ2) is 7.99. The maximum Gasteiger partial charge on any atom is 0.274 e. The Balaban J connectivity index is 1.57. The Bertz CT molecular complexity index is 902. The first-order chi connectivity index (χ1) is 13.9. The van der Waals surface area contributed by atoms with Gasteiger partial charge in [-0.3, -0.25) is 14.3 Å². The highest BCUT2D eigenvalue weighted by molar-refractivity contribution is 5.98. The van der Waals surface area contributed by atoms with Crippen molar-refractivity contribution in [1.82, 2.24) is 24.5 Å². The molecular formula is C22H29N5O2. The van der Waals surface area contributed by atoms with Crippen LogP contribution in [0.3, 0.4) is 0 Å². The highest BCUT2D eigenvalue weighted by Gasteiger charge is 2.32. The predicted octanol–water partition coefficient (Wildman–Crippen LogP) is 2.40. The molecule has 0 saturated carbocycles. The standard InChI is InChI=1S/C22H29N5O2/c1-24(2)15-16-7-9-17(10-8-16)19-6-4-5-11-26(19)21(28)18-14-20-22(29)25(3)12-13-27(20)23-18/h7-10,14,19H,4-6,11-13,15H2,1-3H3. The minimum Gasteiger partial charge on any atom is -0.339 e. The number of carbonyl (C=O) groups is 2. The third-order valence-electron chi connectivity index (χ3n) is 5.84. The number of benzene rings is 1. The third-order valence-corrected chi connectivity index (χ3v) is 5.84. The van der Waals surface area contributed by atoms with Crippen LogP contribution in [0.1, 0.15) is 57.4 Å². The zero-order valence-electron chi connectivity index (χ0n) is 17.5. The van der Waals surface area contributed by atoms with E-state index in [0.29, 0.717) is 24.5 Å². The van der Waals surface area contributed by atoms with Crippen molar-refractivity contribution >= 4 is 11.8 Å². The maximum atomic E-state index is 13.3. The van der Waals surface area contributed by atoms with Gasteiger partial charge in [0.2, 0.25) is 0 Å². The molecule has 0 aliphatic carbocycles. The van der Waals surface area contributed by atoms with Crippen molar-refractivity contribution in [1.29, 1.82) is 0 Å². The Morgan fingerprint density at radius 1 is 1.14 bits per heavy atom. The molecule has 2 aliphatic rings. The highest BCUT2D eigenvalue weighted by Crippen LogP contribution is 2.32. The second-order valence-corrected chi connectivity index (χ2v) is 8.35. The monoisotopic (exact) mass is 395 g/mol. The summed E-state index contributed by atoms with van der Waals surface area (Å²) in [6, 6.07) is 10.3. The number of nitrogens with zero attached hydrogens (tertiary/aromatic N) is 5. The average molecular weight is 396 g/mol. The quantitative estimate of drug-likeness (QED) is 0.798. The first kappa shape index (κ1) is 19.6. The second-order valence-electron chi connectivity index (χ2n) is 8.35. The molecule has 1 unspecified atom stereocenters. The predicted molar refractivity (Wildman–Crippen MR) is 111 cm³/mol. The zero-order valence-corrected chi connectivity index (χ0v) is 17.5. The van der Waals surface area contributed by atoms with Crippen LogP contribution in [0.15, 0.2) is 30.3 Å². The Kier molecular flexibility index (Phi) is 5.41. The summed E-state index contributed by atoms with van der Waals surface area (Å²) >= 11 is 0. The summed E-state index contributed by atoms with van der Waals surface area (Å²) < 4.78 is 1.67. The summed E-state index contributed by atoms with van der Waals surface area (Å²) in [5, 5.41) is 4.46.